The molecule has 0 unspecified atom stereocenters. The number of carboxylic acid groups (broad SMARTS) is 1. The molecule has 1 heterocycles. The molecule has 2 rings (SSSR count). The minimum atomic E-state index is -1.06. The van der Waals surface area contributed by atoms with Crippen molar-refractivity contribution in [2.24, 2.45) is 0 Å². The van der Waals surface area contributed by atoms with Crippen molar-refractivity contribution < 1.29 is 14.7 Å². The Morgan fingerprint density at radius 2 is 1.90 bits per heavy atom. The number of pyridine rings is 1. The van der Waals surface area contributed by atoms with E-state index in [-0.39, 0.29) is 23.0 Å². The van der Waals surface area contributed by atoms with E-state index in [2.05, 4.69) is 10.3 Å². The number of anilines is 1. The Kier molecular flexibility index (Phi) is 4.32. The van der Waals surface area contributed by atoms with Crippen molar-refractivity contribution in [2.45, 2.75) is 6.42 Å². The van der Waals surface area contributed by atoms with E-state index in [0.29, 0.717) is 11.4 Å². The maximum atomic E-state index is 11.9. The zero-order valence-corrected chi connectivity index (χ0v) is 11.1. The van der Waals surface area contributed by atoms with Crippen molar-refractivity contribution in [3.05, 3.63) is 58.7 Å². The summed E-state index contributed by atoms with van der Waals surface area (Å²) < 4.78 is 0. The summed E-state index contributed by atoms with van der Waals surface area (Å²) in [5, 5.41) is 11.9. The number of carbonyl (C=O) groups excluding carboxylic acids is 1. The fraction of sp³-hybridized carbons (Fsp3) is 0.0714. The molecule has 0 spiro atoms. The molecule has 0 aliphatic carbocycles. The Morgan fingerprint density at radius 1 is 1.15 bits per heavy atom. The molecule has 102 valence electrons. The van der Waals surface area contributed by atoms with Gasteiger partial charge in [0.25, 0.3) is 0 Å². The maximum absolute atomic E-state index is 11.9. The molecule has 0 bridgehead atoms. The van der Waals surface area contributed by atoms with Crippen LogP contribution in [-0.4, -0.2) is 22.0 Å². The molecule has 0 fully saturated rings. The van der Waals surface area contributed by atoms with Crippen LogP contribution in [0, 0.1) is 0 Å². The van der Waals surface area contributed by atoms with Crippen LogP contribution in [0.1, 0.15) is 15.9 Å². The highest BCUT2D eigenvalue weighted by atomic mass is 35.5. The normalized spacial score (nSPS) is 10.1. The number of benzene rings is 1. The number of aromatic nitrogens is 1. The highest BCUT2D eigenvalue weighted by molar-refractivity contribution is 6.29. The van der Waals surface area contributed by atoms with Crippen molar-refractivity contribution in [2.75, 3.05) is 5.32 Å². The molecule has 0 aliphatic rings. The van der Waals surface area contributed by atoms with Crippen molar-refractivity contribution in [3.8, 4) is 0 Å². The van der Waals surface area contributed by atoms with Crippen LogP contribution in [0.4, 0.5) is 5.82 Å². The first kappa shape index (κ1) is 14.0. The number of nitrogens with one attached hydrogen (secondary N) is 1. The van der Waals surface area contributed by atoms with Crippen molar-refractivity contribution >= 4 is 29.3 Å². The summed E-state index contributed by atoms with van der Waals surface area (Å²) in [4.78, 5) is 26.9. The number of rotatable bonds is 4. The summed E-state index contributed by atoms with van der Waals surface area (Å²) in [5.74, 6) is -1.09. The largest absolute Gasteiger partial charge is 0.478 e. The average molecular weight is 291 g/mol. The molecule has 0 saturated heterocycles. The fourth-order valence-corrected chi connectivity index (χ4v) is 1.88. The van der Waals surface area contributed by atoms with Gasteiger partial charge in [-0.05, 0) is 23.8 Å². The molecule has 2 aromatic rings. The summed E-state index contributed by atoms with van der Waals surface area (Å²) in [5.41, 5.74) is 0.557. The molecule has 20 heavy (non-hydrogen) atoms. The predicted octanol–water partition coefficient (Wildman–Crippen LogP) is 2.61. The number of aromatic carboxylic acids is 1. The van der Waals surface area contributed by atoms with E-state index in [1.165, 1.54) is 6.07 Å². The topological polar surface area (TPSA) is 79.3 Å². The molecule has 0 atom stereocenters. The first-order valence-corrected chi connectivity index (χ1v) is 6.17. The summed E-state index contributed by atoms with van der Waals surface area (Å²) in [6, 6.07) is 11.2. The molecule has 1 amide bonds. The molecule has 6 heteroatoms. The summed E-state index contributed by atoms with van der Waals surface area (Å²) in [6.07, 6.45) is -0.0450. The second kappa shape index (κ2) is 6.16. The minimum absolute atomic E-state index is 0.0450. The van der Waals surface area contributed by atoms with Gasteiger partial charge in [0.2, 0.25) is 5.91 Å². The molecule has 1 aromatic heterocycles. The third-order valence-electron chi connectivity index (χ3n) is 2.58. The van der Waals surface area contributed by atoms with Gasteiger partial charge in [0.05, 0.1) is 12.0 Å². The zero-order chi connectivity index (χ0) is 14.5. The van der Waals surface area contributed by atoms with Gasteiger partial charge in [-0.3, -0.25) is 4.79 Å². The van der Waals surface area contributed by atoms with Crippen LogP contribution in [0.2, 0.25) is 5.15 Å². The molecule has 1 aromatic carbocycles. The standard InChI is InChI=1S/C14H11ClN2O3/c15-11-6-3-7-12(16-11)17-13(18)8-9-4-1-2-5-10(9)14(19)20/h1-7H,8H2,(H,19,20)(H,16,17,18). The molecule has 0 radical (unpaired) electrons. The van der Waals surface area contributed by atoms with E-state index in [1.807, 2.05) is 0 Å². The number of hydrogen-bond donors (Lipinski definition) is 2. The first-order valence-electron chi connectivity index (χ1n) is 5.80. The van der Waals surface area contributed by atoms with E-state index < -0.39 is 5.97 Å². The Bertz CT molecular complexity index is 658. The second-order valence-corrected chi connectivity index (χ2v) is 4.42. The molecular weight excluding hydrogens is 280 g/mol. The van der Waals surface area contributed by atoms with Crippen molar-refractivity contribution in [1.29, 1.82) is 0 Å². The molecule has 5 nitrogen and oxygen atoms in total. The van der Waals surface area contributed by atoms with Gasteiger partial charge in [0, 0.05) is 0 Å². The highest BCUT2D eigenvalue weighted by Crippen LogP contribution is 2.12. The number of carboxylic acids is 1. The third kappa shape index (κ3) is 3.55. The summed E-state index contributed by atoms with van der Waals surface area (Å²) in [6.45, 7) is 0. The molecular formula is C14H11ClN2O3. The van der Waals surface area contributed by atoms with E-state index >= 15 is 0 Å². The SMILES string of the molecule is O=C(Cc1ccccc1C(=O)O)Nc1cccc(Cl)n1. The zero-order valence-electron chi connectivity index (χ0n) is 10.3. The monoisotopic (exact) mass is 290 g/mol. The van der Waals surface area contributed by atoms with E-state index in [4.69, 9.17) is 16.7 Å². The highest BCUT2D eigenvalue weighted by Gasteiger charge is 2.12. The van der Waals surface area contributed by atoms with Crippen LogP contribution in [-0.2, 0) is 11.2 Å². The Hall–Kier alpha value is -2.40. The van der Waals surface area contributed by atoms with Crippen LogP contribution < -0.4 is 5.32 Å². The van der Waals surface area contributed by atoms with Crippen LogP contribution in [0.15, 0.2) is 42.5 Å². The van der Waals surface area contributed by atoms with Crippen LogP contribution in [0.25, 0.3) is 0 Å². The fourth-order valence-electron chi connectivity index (χ4n) is 1.72. The maximum Gasteiger partial charge on any atom is 0.335 e. The van der Waals surface area contributed by atoms with Gasteiger partial charge in [-0.2, -0.15) is 0 Å². The Labute approximate surface area is 120 Å². The number of halogens is 1. The van der Waals surface area contributed by atoms with Gasteiger partial charge in [-0.1, -0.05) is 35.9 Å². The quantitative estimate of drug-likeness (QED) is 0.848. The lowest BCUT2D eigenvalue weighted by atomic mass is 10.0. The smallest absolute Gasteiger partial charge is 0.335 e. The van der Waals surface area contributed by atoms with Crippen LogP contribution >= 0.6 is 11.6 Å². The molecule has 0 saturated carbocycles. The first-order chi connectivity index (χ1) is 9.56. The van der Waals surface area contributed by atoms with Crippen molar-refractivity contribution in [3.63, 3.8) is 0 Å². The van der Waals surface area contributed by atoms with Gasteiger partial charge >= 0.3 is 5.97 Å². The number of carbonyl (C=O) groups is 2. The Morgan fingerprint density at radius 3 is 2.60 bits per heavy atom. The third-order valence-corrected chi connectivity index (χ3v) is 2.79. The minimum Gasteiger partial charge on any atom is -0.478 e. The van der Waals surface area contributed by atoms with E-state index in [0.717, 1.165) is 0 Å². The predicted molar refractivity (Wildman–Crippen MR) is 75.0 cm³/mol. The van der Waals surface area contributed by atoms with Gasteiger partial charge in [0.15, 0.2) is 0 Å². The van der Waals surface area contributed by atoms with Gasteiger partial charge in [-0.25, -0.2) is 9.78 Å². The van der Waals surface area contributed by atoms with Crippen molar-refractivity contribution in [1.82, 2.24) is 4.98 Å². The van der Waals surface area contributed by atoms with Crippen LogP contribution in [0.3, 0.4) is 0 Å². The lowest BCUT2D eigenvalue weighted by Gasteiger charge is -2.07. The lowest BCUT2D eigenvalue weighted by molar-refractivity contribution is -0.115. The number of nitrogens with zero attached hydrogens (tertiary/aromatic N) is 1. The van der Waals surface area contributed by atoms with E-state index in [9.17, 15) is 9.59 Å². The van der Waals surface area contributed by atoms with E-state index in [1.54, 1.807) is 36.4 Å². The Balaban J connectivity index is 2.11. The molecule has 2 N–H and O–H groups in total. The average Bonchev–Trinajstić information content (AvgIpc) is 2.38. The number of amides is 1. The summed E-state index contributed by atoms with van der Waals surface area (Å²) >= 11 is 5.72. The summed E-state index contributed by atoms with van der Waals surface area (Å²) in [7, 11) is 0. The second-order valence-electron chi connectivity index (χ2n) is 4.03. The van der Waals surface area contributed by atoms with Gasteiger partial charge in [0.1, 0.15) is 11.0 Å². The lowest BCUT2D eigenvalue weighted by Crippen LogP contribution is -2.17. The van der Waals surface area contributed by atoms with Gasteiger partial charge in [-0.15, -0.1) is 0 Å². The van der Waals surface area contributed by atoms with Gasteiger partial charge < -0.3 is 10.4 Å². The molecule has 0 aliphatic heterocycles. The van der Waals surface area contributed by atoms with Crippen LogP contribution in [0.5, 0.6) is 0 Å². The number of hydrogen-bond acceptors (Lipinski definition) is 3.